The molecule has 0 bridgehead atoms. The molecule has 5 rings (SSSR count). The van der Waals surface area contributed by atoms with E-state index in [-0.39, 0.29) is 11.6 Å². The molecule has 10 heteroatoms. The highest BCUT2D eigenvalue weighted by Gasteiger charge is 2.25. The maximum absolute atomic E-state index is 13.2. The van der Waals surface area contributed by atoms with Gasteiger partial charge in [0.1, 0.15) is 5.69 Å². The number of benzene rings is 1. The molecular formula is C21H19N9O. The van der Waals surface area contributed by atoms with Crippen LogP contribution in [-0.2, 0) is 6.54 Å². The van der Waals surface area contributed by atoms with Gasteiger partial charge in [-0.05, 0) is 11.6 Å². The van der Waals surface area contributed by atoms with Crippen molar-refractivity contribution in [2.75, 3.05) is 17.3 Å². The van der Waals surface area contributed by atoms with Crippen LogP contribution in [0, 0.1) is 0 Å². The summed E-state index contributed by atoms with van der Waals surface area (Å²) >= 11 is 0. The fraction of sp³-hybridized carbons (Fsp3) is 0.0952. The normalized spacial score (nSPS) is 11.0. The monoisotopic (exact) mass is 413 g/mol. The summed E-state index contributed by atoms with van der Waals surface area (Å²) in [7, 11) is 1.92. The Kier molecular flexibility index (Phi) is 4.64. The molecule has 0 radical (unpaired) electrons. The van der Waals surface area contributed by atoms with Crippen LogP contribution < -0.4 is 10.2 Å². The number of carbonyl (C=O) groups is 1. The van der Waals surface area contributed by atoms with Gasteiger partial charge in [0.25, 0.3) is 5.91 Å². The van der Waals surface area contributed by atoms with Crippen LogP contribution in [0.2, 0.25) is 0 Å². The van der Waals surface area contributed by atoms with E-state index in [4.69, 9.17) is 0 Å². The fourth-order valence-electron chi connectivity index (χ4n) is 3.49. The Balaban J connectivity index is 1.63. The third-order valence-corrected chi connectivity index (χ3v) is 4.90. The van der Waals surface area contributed by atoms with E-state index in [2.05, 4.69) is 35.8 Å². The first-order valence-corrected chi connectivity index (χ1v) is 9.63. The summed E-state index contributed by atoms with van der Waals surface area (Å²) < 4.78 is 1.67. The summed E-state index contributed by atoms with van der Waals surface area (Å²) in [4.78, 5) is 19.7. The lowest BCUT2D eigenvalue weighted by atomic mass is 10.2. The zero-order valence-corrected chi connectivity index (χ0v) is 16.6. The van der Waals surface area contributed by atoms with Crippen LogP contribution in [0.3, 0.4) is 0 Å². The van der Waals surface area contributed by atoms with Gasteiger partial charge in [0.15, 0.2) is 11.3 Å². The number of aromatic nitrogens is 7. The molecule has 1 aromatic carbocycles. The van der Waals surface area contributed by atoms with E-state index in [0.29, 0.717) is 23.6 Å². The number of anilines is 2. The smallest absolute Gasteiger partial charge is 0.278 e. The van der Waals surface area contributed by atoms with E-state index < -0.39 is 0 Å². The number of hydrogen-bond acceptors (Lipinski definition) is 6. The van der Waals surface area contributed by atoms with Crippen molar-refractivity contribution in [2.45, 2.75) is 6.54 Å². The molecule has 154 valence electrons. The number of amides is 1. The largest absolute Gasteiger partial charge is 0.365 e. The molecule has 0 aliphatic carbocycles. The molecule has 0 atom stereocenters. The van der Waals surface area contributed by atoms with Crippen molar-refractivity contribution in [1.82, 2.24) is 35.0 Å². The van der Waals surface area contributed by atoms with Crippen LogP contribution >= 0.6 is 0 Å². The Morgan fingerprint density at radius 3 is 2.65 bits per heavy atom. The maximum Gasteiger partial charge on any atom is 0.278 e. The topological polar surface area (TPSA) is 120 Å². The highest BCUT2D eigenvalue weighted by molar-refractivity contribution is 6.08. The highest BCUT2D eigenvalue weighted by Crippen LogP contribution is 2.29. The minimum absolute atomic E-state index is 0.267. The lowest BCUT2D eigenvalue weighted by Gasteiger charge is -2.19. The van der Waals surface area contributed by atoms with Crippen LogP contribution in [-0.4, -0.2) is 47.9 Å². The second-order valence-electron chi connectivity index (χ2n) is 7.03. The van der Waals surface area contributed by atoms with Crippen LogP contribution in [0.1, 0.15) is 16.1 Å². The molecule has 4 heterocycles. The van der Waals surface area contributed by atoms with Crippen molar-refractivity contribution in [2.24, 2.45) is 0 Å². The quantitative estimate of drug-likeness (QED) is 0.394. The Labute approximate surface area is 176 Å². The van der Waals surface area contributed by atoms with Gasteiger partial charge >= 0.3 is 0 Å². The number of nitrogens with one attached hydrogen (secondary N) is 3. The van der Waals surface area contributed by atoms with Gasteiger partial charge < -0.3 is 10.2 Å². The maximum atomic E-state index is 13.2. The first-order valence-electron chi connectivity index (χ1n) is 9.63. The number of carbonyl (C=O) groups excluding carboxylic acids is 1. The lowest BCUT2D eigenvalue weighted by Crippen LogP contribution is -2.21. The molecule has 0 spiro atoms. The molecule has 0 fully saturated rings. The molecule has 0 aliphatic heterocycles. The van der Waals surface area contributed by atoms with Gasteiger partial charge in [0.2, 0.25) is 0 Å². The summed E-state index contributed by atoms with van der Waals surface area (Å²) in [6, 6.07) is 11.9. The SMILES string of the molecule is CN(Cc1ccccc1)c1c(C(=O)Nc2cn[nH]c2)nn2c(-c3cn[nH]c3)ccnc12. The van der Waals surface area contributed by atoms with Crippen molar-refractivity contribution in [3.8, 4) is 11.3 Å². The summed E-state index contributed by atoms with van der Waals surface area (Å²) in [5.74, 6) is -0.347. The number of nitrogens with zero attached hydrogens (tertiary/aromatic N) is 6. The summed E-state index contributed by atoms with van der Waals surface area (Å²) in [5.41, 5.74) is 4.76. The number of rotatable bonds is 6. The van der Waals surface area contributed by atoms with Gasteiger partial charge in [0.05, 0.1) is 23.8 Å². The van der Waals surface area contributed by atoms with Crippen LogP contribution in [0.25, 0.3) is 16.9 Å². The van der Waals surface area contributed by atoms with Gasteiger partial charge in [-0.15, -0.1) is 0 Å². The summed E-state index contributed by atoms with van der Waals surface area (Å²) in [6.07, 6.45) is 8.33. The Morgan fingerprint density at radius 1 is 1.10 bits per heavy atom. The zero-order valence-electron chi connectivity index (χ0n) is 16.6. The Bertz CT molecular complexity index is 1310. The molecule has 5 aromatic rings. The average Bonchev–Trinajstić information content (AvgIpc) is 3.54. The zero-order chi connectivity index (χ0) is 21.2. The minimum Gasteiger partial charge on any atom is -0.365 e. The lowest BCUT2D eigenvalue weighted by molar-refractivity contribution is 0.102. The van der Waals surface area contributed by atoms with Crippen molar-refractivity contribution in [3.63, 3.8) is 0 Å². The molecule has 0 saturated heterocycles. The number of fused-ring (bicyclic) bond motifs is 1. The fourth-order valence-corrected chi connectivity index (χ4v) is 3.49. The molecule has 0 aliphatic rings. The minimum atomic E-state index is -0.347. The van der Waals surface area contributed by atoms with E-state index in [1.165, 1.54) is 6.20 Å². The molecule has 10 nitrogen and oxygen atoms in total. The first kappa shape index (κ1) is 18.6. The van der Waals surface area contributed by atoms with Gasteiger partial charge in [-0.3, -0.25) is 15.0 Å². The molecular weight excluding hydrogens is 394 g/mol. The first-order chi connectivity index (χ1) is 15.2. The molecule has 0 unspecified atom stereocenters. The van der Waals surface area contributed by atoms with Gasteiger partial charge in [-0.1, -0.05) is 30.3 Å². The van der Waals surface area contributed by atoms with E-state index in [9.17, 15) is 4.79 Å². The van der Waals surface area contributed by atoms with E-state index >= 15 is 0 Å². The van der Waals surface area contributed by atoms with E-state index in [0.717, 1.165) is 16.8 Å². The molecule has 3 N–H and O–H groups in total. The summed E-state index contributed by atoms with van der Waals surface area (Å²) in [5, 5.41) is 20.9. The summed E-state index contributed by atoms with van der Waals surface area (Å²) in [6.45, 7) is 0.589. The van der Waals surface area contributed by atoms with E-state index in [1.54, 1.807) is 29.3 Å². The van der Waals surface area contributed by atoms with Crippen LogP contribution in [0.5, 0.6) is 0 Å². The van der Waals surface area contributed by atoms with Crippen LogP contribution in [0.4, 0.5) is 11.4 Å². The molecule has 4 aromatic heterocycles. The molecule has 0 saturated carbocycles. The standard InChI is InChI=1S/C21H19N9O/c1-29(13-14-5-3-2-4-6-14)19-18(21(31)27-16-11-25-26-12-16)28-30-17(7-8-22-20(19)30)15-9-23-24-10-15/h2-12H,13H2,1H3,(H,23,24)(H,25,26)(H,27,31). The number of hydrogen-bond donors (Lipinski definition) is 3. The molecule has 1 amide bonds. The second kappa shape index (κ2) is 7.75. The number of H-pyrrole nitrogens is 2. The predicted molar refractivity (Wildman–Crippen MR) is 116 cm³/mol. The predicted octanol–water partition coefficient (Wildman–Crippen LogP) is 2.73. The van der Waals surface area contributed by atoms with Crippen molar-refractivity contribution < 1.29 is 4.79 Å². The van der Waals surface area contributed by atoms with Crippen molar-refractivity contribution in [1.29, 1.82) is 0 Å². The average molecular weight is 413 g/mol. The van der Waals surface area contributed by atoms with Gasteiger partial charge in [0, 0.05) is 37.7 Å². The Hall–Kier alpha value is -4.47. The van der Waals surface area contributed by atoms with Gasteiger partial charge in [-0.25, -0.2) is 9.50 Å². The Morgan fingerprint density at radius 2 is 1.90 bits per heavy atom. The third-order valence-electron chi connectivity index (χ3n) is 4.90. The molecule has 31 heavy (non-hydrogen) atoms. The highest BCUT2D eigenvalue weighted by atomic mass is 16.2. The van der Waals surface area contributed by atoms with Crippen molar-refractivity contribution >= 4 is 22.9 Å². The number of aromatic amines is 2. The van der Waals surface area contributed by atoms with Crippen molar-refractivity contribution in [3.05, 3.63) is 78.6 Å². The second-order valence-corrected chi connectivity index (χ2v) is 7.03. The van der Waals surface area contributed by atoms with E-state index in [1.807, 2.05) is 48.3 Å². The van der Waals surface area contributed by atoms with Gasteiger partial charge in [-0.2, -0.15) is 15.3 Å². The third kappa shape index (κ3) is 3.50. The van der Waals surface area contributed by atoms with Crippen LogP contribution in [0.15, 0.2) is 67.4 Å².